The van der Waals surface area contributed by atoms with E-state index in [1.54, 1.807) is 38.5 Å². The number of aryl methyl sites for hydroxylation is 2. The van der Waals surface area contributed by atoms with Gasteiger partial charge >= 0.3 is 0 Å². The third-order valence-electron chi connectivity index (χ3n) is 2.41. The van der Waals surface area contributed by atoms with Crippen molar-refractivity contribution in [2.24, 2.45) is 7.05 Å². The van der Waals surface area contributed by atoms with Crippen LogP contribution in [-0.2, 0) is 7.05 Å². The minimum atomic E-state index is -0.372. The fourth-order valence-electron chi connectivity index (χ4n) is 1.55. The number of pyridine rings is 1. The number of hydrogen-bond donors (Lipinski definition) is 1. The lowest BCUT2D eigenvalue weighted by Crippen LogP contribution is -2.16. The van der Waals surface area contributed by atoms with Crippen LogP contribution in [0.25, 0.3) is 0 Å². The van der Waals surface area contributed by atoms with Gasteiger partial charge in [-0.15, -0.1) is 0 Å². The van der Waals surface area contributed by atoms with E-state index in [1.165, 1.54) is 4.68 Å². The molecule has 18 heavy (non-hydrogen) atoms. The van der Waals surface area contributed by atoms with E-state index in [9.17, 15) is 4.79 Å². The molecular formula is C12H11N5O. The third-order valence-corrected chi connectivity index (χ3v) is 2.41. The van der Waals surface area contributed by atoms with Crippen LogP contribution in [0.1, 0.15) is 21.6 Å². The van der Waals surface area contributed by atoms with E-state index in [0.717, 1.165) is 5.56 Å². The van der Waals surface area contributed by atoms with E-state index in [-0.39, 0.29) is 11.7 Å². The molecule has 2 heterocycles. The zero-order valence-electron chi connectivity index (χ0n) is 10.0. The van der Waals surface area contributed by atoms with Gasteiger partial charge in [0.2, 0.25) is 0 Å². The fourth-order valence-corrected chi connectivity index (χ4v) is 1.55. The zero-order chi connectivity index (χ0) is 13.1. The normalized spacial score (nSPS) is 9.83. The summed E-state index contributed by atoms with van der Waals surface area (Å²) in [6.45, 7) is 1.80. The number of anilines is 1. The van der Waals surface area contributed by atoms with Gasteiger partial charge in [0.15, 0.2) is 5.82 Å². The summed E-state index contributed by atoms with van der Waals surface area (Å²) in [5.74, 6) is -0.127. The summed E-state index contributed by atoms with van der Waals surface area (Å²) in [6.07, 6.45) is 3.09. The number of nitrogens with one attached hydrogen (secondary N) is 1. The summed E-state index contributed by atoms with van der Waals surface area (Å²) in [5.41, 5.74) is 1.41. The van der Waals surface area contributed by atoms with Crippen molar-refractivity contribution in [3.05, 3.63) is 41.3 Å². The Morgan fingerprint density at radius 3 is 3.00 bits per heavy atom. The van der Waals surface area contributed by atoms with Crippen molar-refractivity contribution in [2.45, 2.75) is 6.92 Å². The van der Waals surface area contributed by atoms with E-state index in [0.29, 0.717) is 11.3 Å². The SMILES string of the molecule is Cc1cccnc1C(=O)Nc1nn(C)cc1C#N. The monoisotopic (exact) mass is 241 g/mol. The quantitative estimate of drug-likeness (QED) is 0.857. The molecule has 0 radical (unpaired) electrons. The number of aromatic nitrogens is 3. The van der Waals surface area contributed by atoms with Crippen LogP contribution in [0, 0.1) is 18.3 Å². The second-order valence-electron chi connectivity index (χ2n) is 3.80. The van der Waals surface area contributed by atoms with Crippen LogP contribution >= 0.6 is 0 Å². The van der Waals surface area contributed by atoms with E-state index in [4.69, 9.17) is 5.26 Å². The third kappa shape index (κ3) is 2.20. The molecule has 6 nitrogen and oxygen atoms in total. The molecule has 0 aromatic carbocycles. The summed E-state index contributed by atoms with van der Waals surface area (Å²) in [5, 5.41) is 15.5. The van der Waals surface area contributed by atoms with Gasteiger partial charge in [0, 0.05) is 19.4 Å². The van der Waals surface area contributed by atoms with E-state index >= 15 is 0 Å². The highest BCUT2D eigenvalue weighted by Crippen LogP contribution is 2.13. The van der Waals surface area contributed by atoms with Gasteiger partial charge in [-0.25, -0.2) is 0 Å². The molecule has 0 saturated heterocycles. The number of carbonyl (C=O) groups is 1. The largest absolute Gasteiger partial charge is 0.303 e. The van der Waals surface area contributed by atoms with Gasteiger partial charge in [-0.05, 0) is 18.6 Å². The standard InChI is InChI=1S/C12H11N5O/c1-8-4-3-5-14-10(8)12(18)15-11-9(6-13)7-17(2)16-11/h3-5,7H,1-2H3,(H,15,16,18). The number of hydrogen-bond acceptors (Lipinski definition) is 4. The van der Waals surface area contributed by atoms with Gasteiger partial charge in [0.25, 0.3) is 5.91 Å². The van der Waals surface area contributed by atoms with Crippen molar-refractivity contribution in [1.82, 2.24) is 14.8 Å². The van der Waals surface area contributed by atoms with Crippen molar-refractivity contribution in [2.75, 3.05) is 5.32 Å². The molecule has 1 N–H and O–H groups in total. The minimum absolute atomic E-state index is 0.245. The number of carbonyl (C=O) groups excluding carboxylic acids is 1. The molecule has 6 heteroatoms. The lowest BCUT2D eigenvalue weighted by Gasteiger charge is -2.04. The number of rotatable bonds is 2. The Balaban J connectivity index is 2.27. The van der Waals surface area contributed by atoms with Crippen LogP contribution in [0.2, 0.25) is 0 Å². The summed E-state index contributed by atoms with van der Waals surface area (Å²) >= 11 is 0. The van der Waals surface area contributed by atoms with E-state index in [1.807, 2.05) is 6.07 Å². The number of nitriles is 1. The second-order valence-corrected chi connectivity index (χ2v) is 3.80. The van der Waals surface area contributed by atoms with Gasteiger partial charge in [0.05, 0.1) is 0 Å². The molecule has 0 saturated carbocycles. The van der Waals surface area contributed by atoms with Crippen molar-refractivity contribution in [1.29, 1.82) is 5.26 Å². The molecule has 0 aliphatic rings. The Labute approximate surface area is 104 Å². The lowest BCUT2D eigenvalue weighted by molar-refractivity contribution is 0.102. The number of amides is 1. The molecule has 0 fully saturated rings. The van der Waals surface area contributed by atoms with Crippen LogP contribution in [0.5, 0.6) is 0 Å². The molecule has 90 valence electrons. The average Bonchev–Trinajstić information content (AvgIpc) is 2.70. The van der Waals surface area contributed by atoms with Crippen LogP contribution in [-0.4, -0.2) is 20.7 Å². The van der Waals surface area contributed by atoms with Gasteiger partial charge < -0.3 is 5.32 Å². The van der Waals surface area contributed by atoms with Crippen molar-refractivity contribution in [3.8, 4) is 6.07 Å². The van der Waals surface area contributed by atoms with Crippen molar-refractivity contribution in [3.63, 3.8) is 0 Å². The summed E-state index contributed by atoms with van der Waals surface area (Å²) in [4.78, 5) is 16.0. The Hall–Kier alpha value is -2.68. The molecule has 0 aliphatic carbocycles. The molecule has 1 amide bonds. The Kier molecular flexibility index (Phi) is 3.06. The maximum Gasteiger partial charge on any atom is 0.275 e. The first-order valence-electron chi connectivity index (χ1n) is 5.28. The molecule has 0 bridgehead atoms. The molecule has 0 spiro atoms. The molecular weight excluding hydrogens is 230 g/mol. The molecule has 0 unspecified atom stereocenters. The molecule has 2 aromatic heterocycles. The fraction of sp³-hybridized carbons (Fsp3) is 0.167. The molecule has 2 aromatic rings. The van der Waals surface area contributed by atoms with Crippen LogP contribution < -0.4 is 5.32 Å². The summed E-state index contributed by atoms with van der Waals surface area (Å²) < 4.78 is 1.47. The topological polar surface area (TPSA) is 83.6 Å². The molecule has 0 atom stereocenters. The minimum Gasteiger partial charge on any atom is -0.303 e. The molecule has 2 rings (SSSR count). The van der Waals surface area contributed by atoms with Gasteiger partial charge in [-0.3, -0.25) is 14.5 Å². The first-order valence-corrected chi connectivity index (χ1v) is 5.28. The van der Waals surface area contributed by atoms with Crippen molar-refractivity contribution < 1.29 is 4.79 Å². The van der Waals surface area contributed by atoms with E-state index in [2.05, 4.69) is 15.4 Å². The first-order chi connectivity index (χ1) is 8.61. The van der Waals surface area contributed by atoms with Gasteiger partial charge in [-0.1, -0.05) is 6.07 Å². The number of nitrogens with zero attached hydrogens (tertiary/aromatic N) is 4. The Bertz CT molecular complexity index is 638. The van der Waals surface area contributed by atoms with Crippen molar-refractivity contribution >= 4 is 11.7 Å². The predicted molar refractivity (Wildman–Crippen MR) is 64.9 cm³/mol. The second kappa shape index (κ2) is 4.67. The lowest BCUT2D eigenvalue weighted by atomic mass is 10.2. The van der Waals surface area contributed by atoms with Gasteiger partial charge in [0.1, 0.15) is 17.3 Å². The van der Waals surface area contributed by atoms with Crippen LogP contribution in [0.3, 0.4) is 0 Å². The van der Waals surface area contributed by atoms with Crippen LogP contribution in [0.15, 0.2) is 24.5 Å². The average molecular weight is 241 g/mol. The van der Waals surface area contributed by atoms with E-state index < -0.39 is 0 Å². The highest BCUT2D eigenvalue weighted by atomic mass is 16.2. The van der Waals surface area contributed by atoms with Gasteiger partial charge in [-0.2, -0.15) is 10.4 Å². The predicted octanol–water partition coefficient (Wildman–Crippen LogP) is 1.25. The Morgan fingerprint density at radius 1 is 1.56 bits per heavy atom. The summed E-state index contributed by atoms with van der Waals surface area (Å²) in [7, 11) is 1.68. The highest BCUT2D eigenvalue weighted by Gasteiger charge is 2.14. The maximum atomic E-state index is 12.0. The first kappa shape index (κ1) is 11.8. The molecule has 0 aliphatic heterocycles. The zero-order valence-corrected chi connectivity index (χ0v) is 10.0. The highest BCUT2D eigenvalue weighted by molar-refractivity contribution is 6.03. The maximum absolute atomic E-state index is 12.0. The van der Waals surface area contributed by atoms with Crippen LogP contribution in [0.4, 0.5) is 5.82 Å². The summed E-state index contributed by atoms with van der Waals surface area (Å²) in [6, 6.07) is 5.52. The Morgan fingerprint density at radius 2 is 2.33 bits per heavy atom. The smallest absolute Gasteiger partial charge is 0.275 e.